The molecule has 0 radical (unpaired) electrons. The fourth-order valence-corrected chi connectivity index (χ4v) is 3.29. The monoisotopic (exact) mass is 301 g/mol. The van der Waals surface area contributed by atoms with Gasteiger partial charge in [0.1, 0.15) is 4.90 Å². The number of hydrogen-bond donors (Lipinski definition) is 2. The van der Waals surface area contributed by atoms with Crippen molar-refractivity contribution < 1.29 is 18.0 Å². The van der Waals surface area contributed by atoms with E-state index in [4.69, 9.17) is 5.73 Å². The van der Waals surface area contributed by atoms with E-state index in [1.807, 2.05) is 12.2 Å². The van der Waals surface area contributed by atoms with Gasteiger partial charge in [0, 0.05) is 12.7 Å². The van der Waals surface area contributed by atoms with E-state index >= 15 is 0 Å². The van der Waals surface area contributed by atoms with Gasteiger partial charge in [0.2, 0.25) is 21.8 Å². The number of anilines is 1. The molecule has 0 unspecified atom stereocenters. The minimum Gasteiger partial charge on any atom is -0.381 e. The molecule has 1 aromatic heterocycles. The van der Waals surface area contributed by atoms with Crippen molar-refractivity contribution in [2.45, 2.75) is 24.8 Å². The lowest BCUT2D eigenvalue weighted by atomic mass is 10.4. The Balaban J connectivity index is 2.34. The number of sulfonamides is 1. The Morgan fingerprint density at radius 3 is 2.50 bits per heavy atom. The molecule has 2 heterocycles. The van der Waals surface area contributed by atoms with Crippen molar-refractivity contribution in [1.82, 2.24) is 19.4 Å². The fraction of sp³-hybridized carbons (Fsp3) is 0.500. The Kier molecular flexibility index (Phi) is 3.77. The van der Waals surface area contributed by atoms with Crippen LogP contribution in [0.2, 0.25) is 0 Å². The number of piperazine rings is 1. The van der Waals surface area contributed by atoms with E-state index in [9.17, 15) is 18.0 Å². The molecule has 9 nitrogen and oxygen atoms in total. The second-order valence-corrected chi connectivity index (χ2v) is 6.29. The lowest BCUT2D eigenvalue weighted by molar-refractivity contribution is -0.134. The van der Waals surface area contributed by atoms with E-state index in [0.717, 1.165) is 10.7 Å². The zero-order valence-corrected chi connectivity index (χ0v) is 11.7. The van der Waals surface area contributed by atoms with Gasteiger partial charge in [-0.15, -0.1) is 0 Å². The average Bonchev–Trinajstić information content (AvgIpc) is 2.70. The van der Waals surface area contributed by atoms with Crippen molar-refractivity contribution in [2.75, 3.05) is 18.8 Å². The van der Waals surface area contributed by atoms with E-state index < -0.39 is 34.9 Å². The second kappa shape index (κ2) is 5.21. The highest BCUT2D eigenvalue weighted by Gasteiger charge is 2.35. The third kappa shape index (κ3) is 2.65. The summed E-state index contributed by atoms with van der Waals surface area (Å²) in [6.07, 6.45) is 2.08. The highest BCUT2D eigenvalue weighted by molar-refractivity contribution is 7.89. The van der Waals surface area contributed by atoms with Crippen molar-refractivity contribution in [2.24, 2.45) is 0 Å². The highest BCUT2D eigenvalue weighted by Crippen LogP contribution is 2.21. The molecule has 0 atom stereocenters. The molecule has 2 rings (SSSR count). The number of carbonyl (C=O) groups is 2. The van der Waals surface area contributed by atoms with Crippen LogP contribution < -0.4 is 11.1 Å². The van der Waals surface area contributed by atoms with Crippen molar-refractivity contribution >= 4 is 27.7 Å². The van der Waals surface area contributed by atoms with Crippen LogP contribution in [0, 0.1) is 0 Å². The summed E-state index contributed by atoms with van der Waals surface area (Å²) in [5.41, 5.74) is 5.61. The summed E-state index contributed by atoms with van der Waals surface area (Å²) < 4.78 is 27.0. The zero-order valence-electron chi connectivity index (χ0n) is 10.9. The number of nitrogens with one attached hydrogen (secondary N) is 1. The van der Waals surface area contributed by atoms with Crippen LogP contribution in [0.25, 0.3) is 0 Å². The number of carbonyl (C=O) groups excluding carboxylic acids is 2. The molecule has 1 aliphatic heterocycles. The standard InChI is InChI=1S/C10H15N5O4S/c1-2-3-14-4-7(10(11)13-14)20(18,19)15-5-8(16)12-9(17)6-15/h4H,2-3,5-6H2,1H3,(H2,11,13)(H,12,16,17). The van der Waals surface area contributed by atoms with Crippen LogP contribution in [0.4, 0.5) is 5.82 Å². The minimum absolute atomic E-state index is 0.142. The van der Waals surface area contributed by atoms with Crippen LogP contribution in [-0.4, -0.2) is 47.4 Å². The first-order valence-electron chi connectivity index (χ1n) is 6.00. The molecule has 0 spiro atoms. The smallest absolute Gasteiger partial charge is 0.249 e. The molecule has 1 aromatic rings. The number of nitrogen functional groups attached to an aromatic ring is 1. The van der Waals surface area contributed by atoms with Gasteiger partial charge in [0.05, 0.1) is 13.1 Å². The summed E-state index contributed by atoms with van der Waals surface area (Å²) in [4.78, 5) is 22.3. The van der Waals surface area contributed by atoms with Gasteiger partial charge in [-0.25, -0.2) is 8.42 Å². The molecular weight excluding hydrogens is 286 g/mol. The van der Waals surface area contributed by atoms with Gasteiger partial charge in [0.15, 0.2) is 5.82 Å². The number of rotatable bonds is 4. The molecular formula is C10H15N5O4S. The summed E-state index contributed by atoms with van der Waals surface area (Å²) in [6.45, 7) is 1.62. The Morgan fingerprint density at radius 2 is 1.95 bits per heavy atom. The molecule has 2 amide bonds. The first-order chi connectivity index (χ1) is 9.34. The number of nitrogens with two attached hydrogens (primary N) is 1. The SMILES string of the molecule is CCCn1cc(S(=O)(=O)N2CC(=O)NC(=O)C2)c(N)n1. The van der Waals surface area contributed by atoms with Crippen LogP contribution in [0.5, 0.6) is 0 Å². The maximum absolute atomic E-state index is 12.4. The van der Waals surface area contributed by atoms with Crippen molar-refractivity contribution in [3.05, 3.63) is 6.20 Å². The summed E-state index contributed by atoms with van der Waals surface area (Å²) in [7, 11) is -4.01. The largest absolute Gasteiger partial charge is 0.381 e. The molecule has 110 valence electrons. The van der Waals surface area contributed by atoms with Crippen molar-refractivity contribution in [3.8, 4) is 0 Å². The topological polar surface area (TPSA) is 127 Å². The molecule has 10 heteroatoms. The van der Waals surface area contributed by atoms with Gasteiger partial charge in [0.25, 0.3) is 0 Å². The molecule has 1 saturated heterocycles. The lowest BCUT2D eigenvalue weighted by Gasteiger charge is -2.24. The number of nitrogens with zero attached hydrogens (tertiary/aromatic N) is 3. The maximum Gasteiger partial charge on any atom is 0.249 e. The highest BCUT2D eigenvalue weighted by atomic mass is 32.2. The van der Waals surface area contributed by atoms with Gasteiger partial charge in [-0.05, 0) is 6.42 Å². The first-order valence-corrected chi connectivity index (χ1v) is 7.44. The van der Waals surface area contributed by atoms with Crippen molar-refractivity contribution in [3.63, 3.8) is 0 Å². The Bertz CT molecular complexity index is 635. The summed E-state index contributed by atoms with van der Waals surface area (Å²) in [5, 5.41) is 5.94. The minimum atomic E-state index is -4.01. The maximum atomic E-state index is 12.4. The Morgan fingerprint density at radius 1 is 1.35 bits per heavy atom. The molecule has 0 aromatic carbocycles. The van der Waals surface area contributed by atoms with E-state index in [1.54, 1.807) is 0 Å². The van der Waals surface area contributed by atoms with E-state index in [2.05, 4.69) is 5.10 Å². The third-order valence-corrected chi connectivity index (χ3v) is 4.55. The van der Waals surface area contributed by atoms with E-state index in [0.29, 0.717) is 6.54 Å². The van der Waals surface area contributed by atoms with Crippen LogP contribution in [-0.2, 0) is 26.2 Å². The second-order valence-electron chi connectivity index (χ2n) is 4.39. The van der Waals surface area contributed by atoms with Crippen molar-refractivity contribution in [1.29, 1.82) is 0 Å². The lowest BCUT2D eigenvalue weighted by Crippen LogP contribution is -2.53. The van der Waals surface area contributed by atoms with Crippen LogP contribution in [0.3, 0.4) is 0 Å². The van der Waals surface area contributed by atoms with Crippen LogP contribution in [0.1, 0.15) is 13.3 Å². The van der Waals surface area contributed by atoms with E-state index in [1.165, 1.54) is 10.9 Å². The quantitative estimate of drug-likeness (QED) is 0.653. The van der Waals surface area contributed by atoms with Crippen LogP contribution in [0.15, 0.2) is 11.1 Å². The predicted molar refractivity (Wildman–Crippen MR) is 68.8 cm³/mol. The number of aromatic nitrogens is 2. The zero-order chi connectivity index (χ0) is 14.9. The van der Waals surface area contributed by atoms with Gasteiger partial charge >= 0.3 is 0 Å². The fourth-order valence-electron chi connectivity index (χ4n) is 1.88. The predicted octanol–water partition coefficient (Wildman–Crippen LogP) is -1.48. The molecule has 1 aliphatic rings. The molecule has 0 bridgehead atoms. The van der Waals surface area contributed by atoms with Crippen LogP contribution >= 0.6 is 0 Å². The Hall–Kier alpha value is -1.94. The molecule has 0 aliphatic carbocycles. The number of amides is 2. The third-order valence-electron chi connectivity index (χ3n) is 2.74. The van der Waals surface area contributed by atoms with Gasteiger partial charge in [-0.3, -0.25) is 19.6 Å². The molecule has 0 saturated carbocycles. The number of hydrogen-bond acceptors (Lipinski definition) is 6. The number of aryl methyl sites for hydroxylation is 1. The number of imide groups is 1. The molecule has 1 fully saturated rings. The summed E-state index contributed by atoms with van der Waals surface area (Å²) in [5.74, 6) is -1.47. The average molecular weight is 301 g/mol. The summed E-state index contributed by atoms with van der Waals surface area (Å²) in [6, 6.07) is 0. The van der Waals surface area contributed by atoms with E-state index in [-0.39, 0.29) is 10.7 Å². The Labute approximate surface area is 115 Å². The molecule has 20 heavy (non-hydrogen) atoms. The summed E-state index contributed by atoms with van der Waals surface area (Å²) >= 11 is 0. The van der Waals surface area contributed by atoms with Gasteiger partial charge < -0.3 is 5.73 Å². The molecule has 3 N–H and O–H groups in total. The van der Waals surface area contributed by atoms with Gasteiger partial charge in [-0.1, -0.05) is 6.92 Å². The van der Waals surface area contributed by atoms with Gasteiger partial charge in [-0.2, -0.15) is 9.40 Å². The normalized spacial score (nSPS) is 17.2. The first kappa shape index (κ1) is 14.5.